The SMILES string of the molecule is CN(C)c1cnn(Cc2cc(F)ccc2CN)c(=O)c1. The van der Waals surface area contributed by atoms with E-state index in [1.807, 2.05) is 14.1 Å². The average Bonchev–Trinajstić information content (AvgIpc) is 2.41. The second kappa shape index (κ2) is 5.83. The predicted octanol–water partition coefficient (Wildman–Crippen LogP) is 0.955. The first-order chi connectivity index (χ1) is 9.51. The molecule has 0 aliphatic rings. The molecule has 2 aromatic rings. The van der Waals surface area contributed by atoms with Crippen LogP contribution in [0, 0.1) is 5.82 Å². The van der Waals surface area contributed by atoms with Crippen LogP contribution in [0.4, 0.5) is 10.1 Å². The largest absolute Gasteiger partial charge is 0.376 e. The zero-order valence-corrected chi connectivity index (χ0v) is 11.5. The van der Waals surface area contributed by atoms with Gasteiger partial charge in [0.05, 0.1) is 18.4 Å². The van der Waals surface area contributed by atoms with Crippen molar-refractivity contribution < 1.29 is 4.39 Å². The van der Waals surface area contributed by atoms with Crippen LogP contribution in [0.5, 0.6) is 0 Å². The highest BCUT2D eigenvalue weighted by Gasteiger charge is 2.07. The van der Waals surface area contributed by atoms with Gasteiger partial charge in [0.2, 0.25) is 0 Å². The highest BCUT2D eigenvalue weighted by Crippen LogP contribution is 2.12. The average molecular weight is 276 g/mol. The summed E-state index contributed by atoms with van der Waals surface area (Å²) < 4.78 is 14.6. The lowest BCUT2D eigenvalue weighted by atomic mass is 10.1. The molecular weight excluding hydrogens is 259 g/mol. The van der Waals surface area contributed by atoms with Crippen LogP contribution < -0.4 is 16.2 Å². The van der Waals surface area contributed by atoms with Gasteiger partial charge in [0.25, 0.3) is 5.56 Å². The summed E-state index contributed by atoms with van der Waals surface area (Å²) in [7, 11) is 3.67. The van der Waals surface area contributed by atoms with Crippen molar-refractivity contribution in [3.05, 3.63) is 57.8 Å². The van der Waals surface area contributed by atoms with E-state index in [-0.39, 0.29) is 17.9 Å². The van der Waals surface area contributed by atoms with E-state index in [2.05, 4.69) is 5.10 Å². The predicted molar refractivity (Wildman–Crippen MR) is 76.2 cm³/mol. The number of anilines is 1. The molecule has 0 spiro atoms. The van der Waals surface area contributed by atoms with E-state index >= 15 is 0 Å². The highest BCUT2D eigenvalue weighted by molar-refractivity contribution is 5.40. The van der Waals surface area contributed by atoms with E-state index in [0.29, 0.717) is 12.1 Å². The third-order valence-electron chi connectivity index (χ3n) is 3.08. The van der Waals surface area contributed by atoms with Crippen LogP contribution in [0.25, 0.3) is 0 Å². The Bertz CT molecular complexity index is 666. The van der Waals surface area contributed by atoms with Crippen molar-refractivity contribution in [3.8, 4) is 0 Å². The number of halogens is 1. The van der Waals surface area contributed by atoms with Gasteiger partial charge in [-0.1, -0.05) is 6.07 Å². The van der Waals surface area contributed by atoms with E-state index in [4.69, 9.17) is 5.73 Å². The zero-order valence-electron chi connectivity index (χ0n) is 11.5. The Morgan fingerprint density at radius 2 is 2.05 bits per heavy atom. The van der Waals surface area contributed by atoms with E-state index in [9.17, 15) is 9.18 Å². The first kappa shape index (κ1) is 14.2. The van der Waals surface area contributed by atoms with E-state index in [1.54, 1.807) is 17.2 Å². The fourth-order valence-corrected chi connectivity index (χ4v) is 1.89. The Hall–Kier alpha value is -2.21. The van der Waals surface area contributed by atoms with Crippen molar-refractivity contribution in [3.63, 3.8) is 0 Å². The molecular formula is C14H17FN4O. The molecule has 0 aliphatic heterocycles. The molecule has 0 amide bonds. The van der Waals surface area contributed by atoms with Crippen molar-refractivity contribution in [2.24, 2.45) is 5.73 Å². The topological polar surface area (TPSA) is 64.2 Å². The van der Waals surface area contributed by atoms with Gasteiger partial charge < -0.3 is 10.6 Å². The maximum atomic E-state index is 13.3. The van der Waals surface area contributed by atoms with Crippen molar-refractivity contribution in [1.82, 2.24) is 9.78 Å². The number of nitrogens with two attached hydrogens (primary N) is 1. The lowest BCUT2D eigenvalue weighted by Gasteiger charge is -2.13. The van der Waals surface area contributed by atoms with Crippen molar-refractivity contribution in [2.45, 2.75) is 13.1 Å². The quantitative estimate of drug-likeness (QED) is 0.903. The van der Waals surface area contributed by atoms with Crippen LogP contribution in [0.3, 0.4) is 0 Å². The summed E-state index contributed by atoms with van der Waals surface area (Å²) in [6, 6.07) is 5.87. The molecule has 1 heterocycles. The molecule has 1 aromatic heterocycles. The Kier molecular flexibility index (Phi) is 4.14. The summed E-state index contributed by atoms with van der Waals surface area (Å²) in [5.74, 6) is -0.352. The van der Waals surface area contributed by atoms with E-state index < -0.39 is 0 Å². The van der Waals surface area contributed by atoms with Crippen molar-refractivity contribution in [1.29, 1.82) is 0 Å². The van der Waals surface area contributed by atoms with Crippen molar-refractivity contribution >= 4 is 5.69 Å². The molecule has 6 heteroatoms. The fourth-order valence-electron chi connectivity index (χ4n) is 1.89. The molecule has 20 heavy (non-hydrogen) atoms. The minimum absolute atomic E-state index is 0.205. The number of hydrogen-bond acceptors (Lipinski definition) is 4. The standard InChI is InChI=1S/C14H17FN4O/c1-18(2)13-6-14(20)19(17-8-13)9-11-5-12(15)4-3-10(11)7-16/h3-6,8H,7,9,16H2,1-2H3. The summed E-state index contributed by atoms with van der Waals surface area (Å²) in [5, 5.41) is 4.10. The normalized spacial score (nSPS) is 10.6. The van der Waals surface area contributed by atoms with Gasteiger partial charge in [-0.3, -0.25) is 4.79 Å². The molecule has 2 N–H and O–H groups in total. The molecule has 5 nitrogen and oxygen atoms in total. The molecule has 2 rings (SSSR count). The Labute approximate surface area is 116 Å². The Balaban J connectivity index is 2.35. The molecule has 0 atom stereocenters. The second-order valence-corrected chi connectivity index (χ2v) is 4.72. The molecule has 0 unspecified atom stereocenters. The van der Waals surface area contributed by atoms with Gasteiger partial charge in [0.15, 0.2) is 0 Å². The van der Waals surface area contributed by atoms with E-state index in [1.165, 1.54) is 22.9 Å². The maximum absolute atomic E-state index is 13.3. The number of benzene rings is 1. The summed E-state index contributed by atoms with van der Waals surface area (Å²) in [5.41, 5.74) is 7.58. The van der Waals surface area contributed by atoms with Gasteiger partial charge in [-0.25, -0.2) is 9.07 Å². The van der Waals surface area contributed by atoms with Gasteiger partial charge in [-0.05, 0) is 23.3 Å². The summed E-state index contributed by atoms with van der Waals surface area (Å²) in [6.45, 7) is 0.497. The first-order valence-corrected chi connectivity index (χ1v) is 6.23. The van der Waals surface area contributed by atoms with Crippen LogP contribution in [0.2, 0.25) is 0 Å². The van der Waals surface area contributed by atoms with Gasteiger partial charge >= 0.3 is 0 Å². The van der Waals surface area contributed by atoms with E-state index in [0.717, 1.165) is 11.3 Å². The highest BCUT2D eigenvalue weighted by atomic mass is 19.1. The fraction of sp³-hybridized carbons (Fsp3) is 0.286. The monoisotopic (exact) mass is 276 g/mol. The Morgan fingerprint density at radius 3 is 2.65 bits per heavy atom. The minimum atomic E-state index is -0.352. The van der Waals surface area contributed by atoms with Crippen LogP contribution >= 0.6 is 0 Å². The molecule has 0 radical (unpaired) electrons. The summed E-state index contributed by atoms with van der Waals surface area (Å²) in [4.78, 5) is 13.8. The van der Waals surface area contributed by atoms with Gasteiger partial charge in [-0.2, -0.15) is 5.10 Å². The molecule has 0 saturated carbocycles. The molecule has 106 valence electrons. The van der Waals surface area contributed by atoms with Gasteiger partial charge in [0, 0.05) is 26.7 Å². The number of hydrogen-bond donors (Lipinski definition) is 1. The summed E-state index contributed by atoms with van der Waals surface area (Å²) in [6.07, 6.45) is 1.60. The maximum Gasteiger partial charge on any atom is 0.269 e. The smallest absolute Gasteiger partial charge is 0.269 e. The number of rotatable bonds is 4. The van der Waals surface area contributed by atoms with Gasteiger partial charge in [-0.15, -0.1) is 0 Å². The van der Waals surface area contributed by atoms with Crippen LogP contribution in [-0.2, 0) is 13.1 Å². The third kappa shape index (κ3) is 3.03. The second-order valence-electron chi connectivity index (χ2n) is 4.72. The lowest BCUT2D eigenvalue weighted by Crippen LogP contribution is -2.25. The molecule has 0 saturated heterocycles. The minimum Gasteiger partial charge on any atom is -0.376 e. The van der Waals surface area contributed by atoms with Gasteiger partial charge in [0.1, 0.15) is 5.82 Å². The summed E-state index contributed by atoms with van der Waals surface area (Å²) >= 11 is 0. The third-order valence-corrected chi connectivity index (χ3v) is 3.08. The number of nitrogens with zero attached hydrogens (tertiary/aromatic N) is 3. The zero-order chi connectivity index (χ0) is 14.7. The number of aromatic nitrogens is 2. The lowest BCUT2D eigenvalue weighted by molar-refractivity contribution is 0.606. The van der Waals surface area contributed by atoms with Crippen LogP contribution in [0.15, 0.2) is 35.3 Å². The molecule has 0 bridgehead atoms. The first-order valence-electron chi connectivity index (χ1n) is 6.23. The molecule has 0 fully saturated rings. The molecule has 0 aliphatic carbocycles. The van der Waals surface area contributed by atoms with Crippen LogP contribution in [0.1, 0.15) is 11.1 Å². The molecule has 1 aromatic carbocycles. The van der Waals surface area contributed by atoms with Crippen LogP contribution in [-0.4, -0.2) is 23.9 Å². The Morgan fingerprint density at radius 1 is 1.30 bits per heavy atom. The van der Waals surface area contributed by atoms with Crippen molar-refractivity contribution in [2.75, 3.05) is 19.0 Å².